The Hall–Kier alpha value is -2.54. The molecule has 1 aromatic carbocycles. The Bertz CT molecular complexity index is 1020. The molecule has 1 aromatic heterocycles. The summed E-state index contributed by atoms with van der Waals surface area (Å²) in [7, 11) is 0. The van der Waals surface area contributed by atoms with Gasteiger partial charge in [0.25, 0.3) is 0 Å². The fourth-order valence-corrected chi connectivity index (χ4v) is 4.09. The first-order valence-electron chi connectivity index (χ1n) is 16.1. The quantitative estimate of drug-likeness (QED) is 0.275. The monoisotopic (exact) mass is 548 g/mol. The molecule has 0 aliphatic heterocycles. The molecule has 0 bridgehead atoms. The van der Waals surface area contributed by atoms with Crippen LogP contribution in [0.5, 0.6) is 0 Å². The zero-order valence-electron chi connectivity index (χ0n) is 28.5. The zero-order valence-corrected chi connectivity index (χ0v) is 28.5. The summed E-state index contributed by atoms with van der Waals surface area (Å²) in [5.74, 6) is 0.620. The van der Waals surface area contributed by atoms with Crippen LogP contribution in [-0.2, 0) is 6.54 Å². The number of benzene rings is 1. The van der Waals surface area contributed by atoms with E-state index in [0.29, 0.717) is 5.92 Å². The fraction of sp³-hybridized carbons (Fsp3) is 0.538. The maximum absolute atomic E-state index is 4.15. The second-order valence-corrected chi connectivity index (χ2v) is 10.5. The van der Waals surface area contributed by atoms with Crippen LogP contribution in [0.25, 0.3) is 16.5 Å². The van der Waals surface area contributed by atoms with E-state index in [9.17, 15) is 0 Å². The lowest BCUT2D eigenvalue weighted by Gasteiger charge is -2.22. The summed E-state index contributed by atoms with van der Waals surface area (Å²) in [5.41, 5.74) is 8.16. The summed E-state index contributed by atoms with van der Waals surface area (Å²) in [5, 5.41) is 1.30. The Balaban J connectivity index is 0. The molecule has 40 heavy (non-hydrogen) atoms. The third kappa shape index (κ3) is 15.9. The maximum Gasteiger partial charge on any atom is 0.0488 e. The highest BCUT2D eigenvalue weighted by molar-refractivity contribution is 5.85. The number of fused-ring (bicyclic) bond motifs is 1. The molecule has 0 amide bonds. The summed E-state index contributed by atoms with van der Waals surface area (Å²) >= 11 is 0. The van der Waals surface area contributed by atoms with E-state index in [2.05, 4.69) is 129 Å². The van der Waals surface area contributed by atoms with Crippen LogP contribution >= 0.6 is 0 Å². The summed E-state index contributed by atoms with van der Waals surface area (Å²) in [6.45, 7) is 32.5. The Morgan fingerprint density at radius 3 is 1.95 bits per heavy atom. The molecule has 0 fully saturated rings. The van der Waals surface area contributed by atoms with Crippen molar-refractivity contribution in [1.29, 1.82) is 0 Å². The van der Waals surface area contributed by atoms with Crippen molar-refractivity contribution in [2.75, 3.05) is 0 Å². The zero-order chi connectivity index (χ0) is 30.9. The lowest BCUT2D eigenvalue weighted by atomic mass is 9.89. The van der Waals surface area contributed by atoms with Crippen molar-refractivity contribution in [3.8, 4) is 0 Å². The Labute approximate surface area is 250 Å². The second kappa shape index (κ2) is 25.4. The summed E-state index contributed by atoms with van der Waals surface area (Å²) < 4.78 is 2.41. The highest BCUT2D eigenvalue weighted by Crippen LogP contribution is 2.30. The van der Waals surface area contributed by atoms with Gasteiger partial charge in [-0.3, -0.25) is 0 Å². The van der Waals surface area contributed by atoms with Gasteiger partial charge >= 0.3 is 0 Å². The Morgan fingerprint density at radius 2 is 1.50 bits per heavy atom. The number of unbranched alkanes of at least 4 members (excludes halogenated alkanes) is 2. The third-order valence-electron chi connectivity index (χ3n) is 6.81. The molecular formula is C39H65N. The SMILES string of the molecule is C=C(C)c1cc2ccccc2n1CC1=CC=C(C)CC1C.C=C/C=C(/CC)CCC.CC.CCCC.CCCC. The van der Waals surface area contributed by atoms with Crippen molar-refractivity contribution in [2.45, 2.75) is 134 Å². The number of para-hydroxylation sites is 1. The van der Waals surface area contributed by atoms with Gasteiger partial charge in [-0.15, -0.1) is 0 Å². The van der Waals surface area contributed by atoms with E-state index < -0.39 is 0 Å². The topological polar surface area (TPSA) is 4.93 Å². The molecule has 2 aromatic rings. The fourth-order valence-electron chi connectivity index (χ4n) is 4.09. The van der Waals surface area contributed by atoms with Crippen LogP contribution in [0, 0.1) is 5.92 Å². The number of rotatable bonds is 9. The summed E-state index contributed by atoms with van der Waals surface area (Å²) in [6.07, 6.45) is 18.6. The van der Waals surface area contributed by atoms with Gasteiger partial charge in [0, 0.05) is 23.1 Å². The van der Waals surface area contributed by atoms with Crippen molar-refractivity contribution in [2.24, 2.45) is 5.92 Å². The van der Waals surface area contributed by atoms with Crippen molar-refractivity contribution in [1.82, 2.24) is 4.57 Å². The third-order valence-corrected chi connectivity index (χ3v) is 6.81. The van der Waals surface area contributed by atoms with Gasteiger partial charge < -0.3 is 4.57 Å². The highest BCUT2D eigenvalue weighted by Gasteiger charge is 2.16. The van der Waals surface area contributed by atoms with Gasteiger partial charge in [0.05, 0.1) is 0 Å². The summed E-state index contributed by atoms with van der Waals surface area (Å²) in [4.78, 5) is 0. The first kappa shape index (κ1) is 39.6. The number of hydrogen-bond acceptors (Lipinski definition) is 0. The van der Waals surface area contributed by atoms with Gasteiger partial charge in [-0.1, -0.05) is 161 Å². The minimum Gasteiger partial charge on any atom is -0.337 e. The van der Waals surface area contributed by atoms with E-state index >= 15 is 0 Å². The van der Waals surface area contributed by atoms with Gasteiger partial charge in [0.2, 0.25) is 0 Å². The van der Waals surface area contributed by atoms with Crippen LogP contribution in [0.2, 0.25) is 0 Å². The number of allylic oxidation sites excluding steroid dienone is 8. The van der Waals surface area contributed by atoms with Crippen LogP contribution in [0.15, 0.2) is 84.5 Å². The van der Waals surface area contributed by atoms with Gasteiger partial charge in [0.1, 0.15) is 0 Å². The van der Waals surface area contributed by atoms with E-state index in [1.165, 1.54) is 84.7 Å². The molecular weight excluding hydrogens is 482 g/mol. The molecule has 3 rings (SSSR count). The smallest absolute Gasteiger partial charge is 0.0488 e. The first-order chi connectivity index (χ1) is 19.2. The van der Waals surface area contributed by atoms with Crippen LogP contribution in [0.4, 0.5) is 0 Å². The molecule has 0 spiro atoms. The molecule has 0 radical (unpaired) electrons. The van der Waals surface area contributed by atoms with Crippen molar-refractivity contribution in [3.05, 3.63) is 90.2 Å². The molecule has 0 saturated heterocycles. The van der Waals surface area contributed by atoms with E-state index in [-0.39, 0.29) is 0 Å². The molecule has 1 heterocycles. The van der Waals surface area contributed by atoms with E-state index in [1.807, 2.05) is 19.9 Å². The maximum atomic E-state index is 4.15. The lowest BCUT2D eigenvalue weighted by molar-refractivity contribution is 0.604. The minimum atomic E-state index is 0.620. The van der Waals surface area contributed by atoms with Gasteiger partial charge in [-0.05, 0) is 62.3 Å². The molecule has 1 heteroatoms. The van der Waals surface area contributed by atoms with Crippen molar-refractivity contribution < 1.29 is 0 Å². The molecule has 0 saturated carbocycles. The molecule has 226 valence electrons. The van der Waals surface area contributed by atoms with Gasteiger partial charge in [-0.25, -0.2) is 0 Å². The van der Waals surface area contributed by atoms with E-state index in [0.717, 1.165) is 12.1 Å². The van der Waals surface area contributed by atoms with Crippen molar-refractivity contribution >= 4 is 16.5 Å². The number of aromatic nitrogens is 1. The van der Waals surface area contributed by atoms with Crippen LogP contribution < -0.4 is 0 Å². The number of nitrogens with zero attached hydrogens (tertiary/aromatic N) is 1. The van der Waals surface area contributed by atoms with Crippen LogP contribution in [0.3, 0.4) is 0 Å². The molecule has 1 unspecified atom stereocenters. The molecule has 1 aliphatic carbocycles. The summed E-state index contributed by atoms with van der Waals surface area (Å²) in [6, 6.07) is 10.9. The predicted molar refractivity (Wildman–Crippen MR) is 188 cm³/mol. The lowest BCUT2D eigenvalue weighted by Crippen LogP contribution is -2.12. The van der Waals surface area contributed by atoms with Gasteiger partial charge in [0.15, 0.2) is 0 Å². The average molecular weight is 548 g/mol. The molecule has 1 atom stereocenters. The number of hydrogen-bond donors (Lipinski definition) is 0. The van der Waals surface area contributed by atoms with E-state index in [4.69, 9.17) is 0 Å². The van der Waals surface area contributed by atoms with Crippen molar-refractivity contribution in [3.63, 3.8) is 0 Å². The van der Waals surface area contributed by atoms with Crippen LogP contribution in [-0.4, -0.2) is 4.57 Å². The van der Waals surface area contributed by atoms with Crippen LogP contribution in [0.1, 0.15) is 133 Å². The minimum absolute atomic E-state index is 0.620. The van der Waals surface area contributed by atoms with Gasteiger partial charge in [-0.2, -0.15) is 0 Å². The molecule has 0 N–H and O–H groups in total. The Morgan fingerprint density at radius 1 is 0.925 bits per heavy atom. The second-order valence-electron chi connectivity index (χ2n) is 10.5. The normalized spacial score (nSPS) is 14.0. The molecule has 1 nitrogen and oxygen atoms in total. The largest absolute Gasteiger partial charge is 0.337 e. The molecule has 1 aliphatic rings. The highest BCUT2D eigenvalue weighted by atomic mass is 15.0. The van der Waals surface area contributed by atoms with E-state index in [1.54, 1.807) is 0 Å². The standard InChI is InChI=1S/C20H23N.C9H16.2C4H10.C2H6/c1-14(2)20-12-17-7-5-6-8-19(17)21(20)13-18-10-9-15(3)11-16(18)4;1-4-7-9(6-3)8-5-2;2*1-3-4-2;1-2/h5-10,12,16H,1,11,13H2,2-4H3;4,7H,1,5-6,8H2,2-3H3;2*3-4H2,1-2H3;1-2H3/b;9-7-;;;. The average Bonchev–Trinajstić information content (AvgIpc) is 3.34. The predicted octanol–water partition coefficient (Wildman–Crippen LogP) is 13.5. The first-order valence-corrected chi connectivity index (χ1v) is 16.1. The Kier molecular flexibility index (Phi) is 25.2.